The quantitative estimate of drug-likeness (QED) is 0.928. The molecule has 1 aromatic rings. The van der Waals surface area contributed by atoms with Crippen LogP contribution in [0.15, 0.2) is 17.5 Å². The van der Waals surface area contributed by atoms with Crippen LogP contribution in [-0.4, -0.2) is 48.1 Å². The zero-order valence-corrected chi connectivity index (χ0v) is 13.6. The van der Waals surface area contributed by atoms with Crippen LogP contribution in [0.5, 0.6) is 0 Å². The number of hydrogen-bond acceptors (Lipinski definition) is 3. The molecule has 1 aromatic heterocycles. The molecule has 1 N–H and O–H groups in total. The van der Waals surface area contributed by atoms with Crippen molar-refractivity contribution in [1.82, 2.24) is 15.1 Å². The summed E-state index contributed by atoms with van der Waals surface area (Å²) in [6, 6.07) is 5.00. The van der Waals surface area contributed by atoms with Crippen LogP contribution in [-0.2, 0) is 0 Å². The molecule has 0 spiro atoms. The number of hydrogen-bond donors (Lipinski definition) is 1. The van der Waals surface area contributed by atoms with Gasteiger partial charge in [-0.25, -0.2) is 4.79 Å². The zero-order chi connectivity index (χ0) is 14.7. The average Bonchev–Trinajstić information content (AvgIpc) is 2.98. The molecule has 5 heteroatoms. The summed E-state index contributed by atoms with van der Waals surface area (Å²) in [4.78, 5) is 18.1. The summed E-state index contributed by atoms with van der Waals surface area (Å²) < 4.78 is 0. The summed E-state index contributed by atoms with van der Waals surface area (Å²) >= 11 is 1.72. The van der Waals surface area contributed by atoms with Crippen molar-refractivity contribution in [3.8, 4) is 0 Å². The van der Waals surface area contributed by atoms with Crippen molar-refractivity contribution in [2.24, 2.45) is 0 Å². The number of amides is 2. The van der Waals surface area contributed by atoms with Crippen LogP contribution >= 0.6 is 11.3 Å². The summed E-state index contributed by atoms with van der Waals surface area (Å²) in [5.74, 6) is 0. The molecule has 0 aliphatic carbocycles. The minimum absolute atomic E-state index is 0.100. The van der Waals surface area contributed by atoms with Crippen LogP contribution < -0.4 is 5.32 Å². The second kappa shape index (κ2) is 6.79. The van der Waals surface area contributed by atoms with E-state index in [1.165, 1.54) is 37.2 Å². The van der Waals surface area contributed by atoms with Crippen molar-refractivity contribution in [2.75, 3.05) is 26.2 Å². The van der Waals surface area contributed by atoms with Crippen LogP contribution in [0.25, 0.3) is 0 Å². The van der Waals surface area contributed by atoms with Crippen LogP contribution in [0.2, 0.25) is 0 Å². The molecule has 1 atom stereocenters. The highest BCUT2D eigenvalue weighted by molar-refractivity contribution is 7.10. The molecule has 4 nitrogen and oxygen atoms in total. The molecule has 2 saturated heterocycles. The number of nitrogens with one attached hydrogen (secondary N) is 1. The Bertz CT molecular complexity index is 450. The fourth-order valence-corrected chi connectivity index (χ4v) is 4.10. The van der Waals surface area contributed by atoms with Gasteiger partial charge < -0.3 is 10.2 Å². The van der Waals surface area contributed by atoms with E-state index in [2.05, 4.69) is 28.6 Å². The lowest BCUT2D eigenvalue weighted by Crippen LogP contribution is -2.63. The van der Waals surface area contributed by atoms with Gasteiger partial charge in [-0.05, 0) is 43.8 Å². The molecule has 2 aliphatic rings. The van der Waals surface area contributed by atoms with Crippen molar-refractivity contribution in [3.05, 3.63) is 22.4 Å². The fraction of sp³-hybridized carbons (Fsp3) is 0.688. The minimum Gasteiger partial charge on any atom is -0.330 e. The highest BCUT2D eigenvalue weighted by Crippen LogP contribution is 2.24. The van der Waals surface area contributed by atoms with Crippen LogP contribution in [0, 0.1) is 0 Å². The lowest BCUT2D eigenvalue weighted by Gasteiger charge is -2.46. The molecular formula is C16H25N3OS. The van der Waals surface area contributed by atoms with Crippen LogP contribution in [0.4, 0.5) is 4.79 Å². The van der Waals surface area contributed by atoms with E-state index in [1.807, 2.05) is 11.0 Å². The standard InChI is InChI=1S/C16H25N3OS/c1-2-14(15-7-6-10-21-15)17-16(20)19-11-13(12-19)18-8-4-3-5-9-18/h6-7,10,13-14H,2-5,8-9,11-12H2,1H3,(H,17,20)/t14-/m1/s1. The van der Waals surface area contributed by atoms with E-state index < -0.39 is 0 Å². The first-order valence-corrected chi connectivity index (χ1v) is 8.98. The Kier molecular flexibility index (Phi) is 4.80. The van der Waals surface area contributed by atoms with Gasteiger partial charge >= 0.3 is 6.03 Å². The summed E-state index contributed by atoms with van der Waals surface area (Å²) in [6.45, 7) is 6.34. The molecular weight excluding hydrogens is 282 g/mol. The summed E-state index contributed by atoms with van der Waals surface area (Å²) in [5, 5.41) is 5.24. The van der Waals surface area contributed by atoms with Crippen LogP contribution in [0.3, 0.4) is 0 Å². The molecule has 21 heavy (non-hydrogen) atoms. The van der Waals surface area contributed by atoms with Gasteiger partial charge in [0.1, 0.15) is 0 Å². The van der Waals surface area contributed by atoms with Crippen molar-refractivity contribution >= 4 is 17.4 Å². The van der Waals surface area contributed by atoms with Gasteiger partial charge in [-0.2, -0.15) is 0 Å². The highest BCUT2D eigenvalue weighted by Gasteiger charge is 2.35. The number of likely N-dealkylation sites (tertiary alicyclic amines) is 2. The molecule has 2 amide bonds. The smallest absolute Gasteiger partial charge is 0.318 e. The molecule has 2 aliphatic heterocycles. The maximum Gasteiger partial charge on any atom is 0.318 e. The number of rotatable bonds is 4. The van der Waals surface area contributed by atoms with Crippen molar-refractivity contribution < 1.29 is 4.79 Å². The van der Waals surface area contributed by atoms with Gasteiger partial charge in [0.25, 0.3) is 0 Å². The predicted octanol–water partition coefficient (Wildman–Crippen LogP) is 3.08. The molecule has 116 valence electrons. The number of carbonyl (C=O) groups is 1. The number of thiophene rings is 1. The molecule has 3 heterocycles. The van der Waals surface area contributed by atoms with E-state index in [0.29, 0.717) is 6.04 Å². The number of nitrogens with zero attached hydrogens (tertiary/aromatic N) is 2. The molecule has 2 fully saturated rings. The Balaban J connectivity index is 1.46. The molecule has 0 saturated carbocycles. The van der Waals surface area contributed by atoms with Crippen molar-refractivity contribution in [3.63, 3.8) is 0 Å². The van der Waals surface area contributed by atoms with Gasteiger partial charge in [0.2, 0.25) is 0 Å². The number of piperidine rings is 1. The number of carbonyl (C=O) groups excluding carboxylic acids is 1. The van der Waals surface area contributed by atoms with Crippen LogP contribution in [0.1, 0.15) is 43.5 Å². The van der Waals surface area contributed by atoms with Crippen molar-refractivity contribution in [2.45, 2.75) is 44.7 Å². The third-order valence-electron chi connectivity index (χ3n) is 4.65. The lowest BCUT2D eigenvalue weighted by atomic mass is 10.0. The average molecular weight is 307 g/mol. The summed E-state index contributed by atoms with van der Waals surface area (Å²) in [6.07, 6.45) is 4.94. The van der Waals surface area contributed by atoms with E-state index in [-0.39, 0.29) is 12.1 Å². The normalized spacial score (nSPS) is 21.9. The predicted molar refractivity (Wildman–Crippen MR) is 86.7 cm³/mol. The minimum atomic E-state index is 0.100. The summed E-state index contributed by atoms with van der Waals surface area (Å²) in [5.41, 5.74) is 0. The highest BCUT2D eigenvalue weighted by atomic mass is 32.1. The molecule has 0 aromatic carbocycles. The fourth-order valence-electron chi connectivity index (χ4n) is 3.24. The van der Waals surface area contributed by atoms with E-state index >= 15 is 0 Å². The van der Waals surface area contributed by atoms with Gasteiger partial charge in [-0.3, -0.25) is 4.90 Å². The Hall–Kier alpha value is -1.07. The van der Waals surface area contributed by atoms with E-state index in [9.17, 15) is 4.79 Å². The van der Waals surface area contributed by atoms with Gasteiger partial charge in [-0.1, -0.05) is 19.4 Å². The lowest BCUT2D eigenvalue weighted by molar-refractivity contribution is 0.0442. The van der Waals surface area contributed by atoms with E-state index in [1.54, 1.807) is 11.3 Å². The van der Waals surface area contributed by atoms with Gasteiger partial charge in [0, 0.05) is 24.0 Å². The maximum absolute atomic E-state index is 12.3. The van der Waals surface area contributed by atoms with Crippen molar-refractivity contribution in [1.29, 1.82) is 0 Å². The Morgan fingerprint density at radius 1 is 1.38 bits per heavy atom. The van der Waals surface area contributed by atoms with Gasteiger partial charge in [-0.15, -0.1) is 11.3 Å². The zero-order valence-electron chi connectivity index (χ0n) is 12.8. The maximum atomic E-state index is 12.3. The second-order valence-corrected chi connectivity index (χ2v) is 7.06. The van der Waals surface area contributed by atoms with E-state index in [4.69, 9.17) is 0 Å². The third kappa shape index (κ3) is 3.40. The summed E-state index contributed by atoms with van der Waals surface area (Å²) in [7, 11) is 0. The number of urea groups is 1. The first-order valence-electron chi connectivity index (χ1n) is 8.11. The largest absolute Gasteiger partial charge is 0.330 e. The second-order valence-electron chi connectivity index (χ2n) is 6.08. The first kappa shape index (κ1) is 14.9. The van der Waals surface area contributed by atoms with Gasteiger partial charge in [0.05, 0.1) is 6.04 Å². The first-order chi connectivity index (χ1) is 10.3. The molecule has 0 bridgehead atoms. The third-order valence-corrected chi connectivity index (χ3v) is 5.64. The van der Waals surface area contributed by atoms with E-state index in [0.717, 1.165) is 19.5 Å². The molecule has 0 radical (unpaired) electrons. The van der Waals surface area contributed by atoms with Gasteiger partial charge in [0.15, 0.2) is 0 Å². The Morgan fingerprint density at radius 2 is 2.14 bits per heavy atom. The molecule has 3 rings (SSSR count). The Labute approximate surface area is 131 Å². The SMILES string of the molecule is CC[C@@H](NC(=O)N1CC(N2CCCCC2)C1)c1cccs1. The Morgan fingerprint density at radius 3 is 2.76 bits per heavy atom. The monoisotopic (exact) mass is 307 g/mol. The topological polar surface area (TPSA) is 35.6 Å². The molecule has 0 unspecified atom stereocenters.